The molecule has 1 aliphatic rings. The molecule has 3 atom stereocenters. The summed E-state index contributed by atoms with van der Waals surface area (Å²) in [6.45, 7) is 4.27. The largest absolute Gasteiger partial charge is 0.465 e. The number of benzene rings is 1. The Bertz CT molecular complexity index is 510. The fraction of sp³-hybridized carbons (Fsp3) is 0.533. The highest BCUT2D eigenvalue weighted by molar-refractivity contribution is 5.75. The van der Waals surface area contributed by atoms with Gasteiger partial charge in [-0.25, -0.2) is 8.78 Å². The minimum absolute atomic E-state index is 0.144. The van der Waals surface area contributed by atoms with E-state index < -0.39 is 23.8 Å². The summed E-state index contributed by atoms with van der Waals surface area (Å²) in [5.74, 6) is -2.13. The predicted molar refractivity (Wildman–Crippen MR) is 72.7 cm³/mol. The Balaban J connectivity index is 2.06. The molecule has 0 spiro atoms. The maximum absolute atomic E-state index is 13.3. The molecule has 1 aliphatic heterocycles. The van der Waals surface area contributed by atoms with Gasteiger partial charge in [0.2, 0.25) is 0 Å². The summed E-state index contributed by atoms with van der Waals surface area (Å²) >= 11 is 0. The van der Waals surface area contributed by atoms with E-state index in [1.165, 1.54) is 6.07 Å². The van der Waals surface area contributed by atoms with E-state index in [0.29, 0.717) is 25.2 Å². The summed E-state index contributed by atoms with van der Waals surface area (Å²) in [4.78, 5) is 11.6. The molecular weight excluding hydrogens is 280 g/mol. The van der Waals surface area contributed by atoms with Gasteiger partial charge in [0.1, 0.15) is 6.04 Å². The first-order valence-corrected chi connectivity index (χ1v) is 7.02. The molecular formula is C15H19F2NO3. The van der Waals surface area contributed by atoms with Crippen LogP contribution < -0.4 is 5.32 Å². The number of carbonyl (C=O) groups is 1. The van der Waals surface area contributed by atoms with Crippen molar-refractivity contribution in [1.82, 2.24) is 5.32 Å². The summed E-state index contributed by atoms with van der Waals surface area (Å²) in [5.41, 5.74) is 0.556. The zero-order valence-electron chi connectivity index (χ0n) is 12.1. The molecule has 0 bridgehead atoms. The Morgan fingerprint density at radius 2 is 2.24 bits per heavy atom. The van der Waals surface area contributed by atoms with Crippen LogP contribution in [-0.2, 0) is 14.3 Å². The molecule has 1 unspecified atom stereocenters. The van der Waals surface area contributed by atoms with E-state index >= 15 is 0 Å². The summed E-state index contributed by atoms with van der Waals surface area (Å²) < 4.78 is 36.8. The first-order chi connectivity index (χ1) is 10.0. The maximum atomic E-state index is 13.3. The van der Waals surface area contributed by atoms with Crippen molar-refractivity contribution in [3.8, 4) is 0 Å². The zero-order chi connectivity index (χ0) is 15.4. The van der Waals surface area contributed by atoms with Crippen molar-refractivity contribution in [2.24, 2.45) is 0 Å². The molecule has 1 aromatic carbocycles. The van der Waals surface area contributed by atoms with Gasteiger partial charge in [0, 0.05) is 12.6 Å². The van der Waals surface area contributed by atoms with Gasteiger partial charge in [-0.2, -0.15) is 0 Å². The molecule has 0 radical (unpaired) electrons. The Morgan fingerprint density at radius 3 is 2.90 bits per heavy atom. The van der Waals surface area contributed by atoms with Crippen molar-refractivity contribution < 1.29 is 23.0 Å². The predicted octanol–water partition coefficient (Wildman–Crippen LogP) is 2.34. The average Bonchev–Trinajstić information content (AvgIpc) is 2.90. The second-order valence-corrected chi connectivity index (χ2v) is 5.00. The van der Waals surface area contributed by atoms with Crippen LogP contribution in [0.3, 0.4) is 0 Å². The normalized spacial score (nSPS) is 23.0. The third-order valence-electron chi connectivity index (χ3n) is 3.47. The van der Waals surface area contributed by atoms with Crippen LogP contribution in [0.5, 0.6) is 0 Å². The van der Waals surface area contributed by atoms with Gasteiger partial charge in [0.15, 0.2) is 11.6 Å². The Hall–Kier alpha value is -1.53. The number of rotatable bonds is 5. The van der Waals surface area contributed by atoms with Gasteiger partial charge in [0.25, 0.3) is 0 Å². The number of nitrogens with one attached hydrogen (secondary N) is 1. The van der Waals surface area contributed by atoms with Crippen molar-refractivity contribution in [1.29, 1.82) is 0 Å². The van der Waals surface area contributed by atoms with Crippen molar-refractivity contribution >= 4 is 5.97 Å². The van der Waals surface area contributed by atoms with Crippen LogP contribution in [0.2, 0.25) is 0 Å². The molecule has 6 heteroatoms. The summed E-state index contributed by atoms with van der Waals surface area (Å²) in [7, 11) is 0. The summed E-state index contributed by atoms with van der Waals surface area (Å²) in [6, 6.07) is 3.09. The van der Waals surface area contributed by atoms with Gasteiger partial charge in [-0.3, -0.25) is 10.1 Å². The van der Waals surface area contributed by atoms with Crippen LogP contribution in [0.4, 0.5) is 8.78 Å². The first kappa shape index (κ1) is 15.9. The number of ether oxygens (including phenoxy) is 2. The van der Waals surface area contributed by atoms with Gasteiger partial charge in [-0.15, -0.1) is 0 Å². The minimum atomic E-state index is -0.903. The van der Waals surface area contributed by atoms with E-state index in [9.17, 15) is 13.6 Å². The Kier molecular flexibility index (Phi) is 5.25. The molecule has 1 N–H and O–H groups in total. The third kappa shape index (κ3) is 3.77. The lowest BCUT2D eigenvalue weighted by atomic mass is 10.0. The number of hydrogen-bond donors (Lipinski definition) is 1. The molecule has 0 aliphatic carbocycles. The van der Waals surface area contributed by atoms with Crippen LogP contribution >= 0.6 is 0 Å². The number of halogens is 2. The van der Waals surface area contributed by atoms with Crippen molar-refractivity contribution in [2.75, 3.05) is 13.2 Å². The highest BCUT2D eigenvalue weighted by Crippen LogP contribution is 2.30. The van der Waals surface area contributed by atoms with Crippen LogP contribution in [-0.4, -0.2) is 31.3 Å². The lowest BCUT2D eigenvalue weighted by molar-refractivity contribution is -0.145. The van der Waals surface area contributed by atoms with E-state index in [1.807, 2.05) is 0 Å². The van der Waals surface area contributed by atoms with Crippen molar-refractivity contribution in [2.45, 2.75) is 38.5 Å². The van der Waals surface area contributed by atoms with Crippen LogP contribution in [0, 0.1) is 11.6 Å². The number of esters is 1. The van der Waals surface area contributed by atoms with E-state index in [1.54, 1.807) is 13.8 Å². The lowest BCUT2D eigenvalue weighted by Gasteiger charge is -2.23. The van der Waals surface area contributed by atoms with E-state index in [0.717, 1.165) is 12.1 Å². The van der Waals surface area contributed by atoms with Gasteiger partial charge < -0.3 is 9.47 Å². The molecule has 4 nitrogen and oxygen atoms in total. The molecule has 21 heavy (non-hydrogen) atoms. The van der Waals surface area contributed by atoms with Gasteiger partial charge in [0.05, 0.1) is 12.7 Å². The third-order valence-corrected chi connectivity index (χ3v) is 3.47. The fourth-order valence-electron chi connectivity index (χ4n) is 2.43. The average molecular weight is 299 g/mol. The van der Waals surface area contributed by atoms with Gasteiger partial charge >= 0.3 is 5.97 Å². The lowest BCUT2D eigenvalue weighted by Crippen LogP contribution is -2.43. The number of carbonyl (C=O) groups excluding carboxylic acids is 1. The number of hydrogen-bond acceptors (Lipinski definition) is 4. The first-order valence-electron chi connectivity index (χ1n) is 7.02. The fourth-order valence-corrected chi connectivity index (χ4v) is 2.43. The van der Waals surface area contributed by atoms with Crippen molar-refractivity contribution in [3.05, 3.63) is 35.4 Å². The van der Waals surface area contributed by atoms with Crippen LogP contribution in [0.25, 0.3) is 0 Å². The molecule has 1 saturated heterocycles. The van der Waals surface area contributed by atoms with Crippen LogP contribution in [0.1, 0.15) is 31.9 Å². The van der Waals surface area contributed by atoms with E-state index in [4.69, 9.17) is 9.47 Å². The smallest absolute Gasteiger partial charge is 0.322 e. The van der Waals surface area contributed by atoms with Crippen molar-refractivity contribution in [3.63, 3.8) is 0 Å². The topological polar surface area (TPSA) is 47.6 Å². The summed E-state index contributed by atoms with van der Waals surface area (Å²) in [6.07, 6.45) is 0.282. The second-order valence-electron chi connectivity index (χ2n) is 5.00. The van der Waals surface area contributed by atoms with E-state index in [2.05, 4.69) is 5.32 Å². The maximum Gasteiger partial charge on any atom is 0.322 e. The molecule has 0 amide bonds. The second kappa shape index (κ2) is 6.95. The molecule has 0 aromatic heterocycles. The molecule has 2 rings (SSSR count). The monoisotopic (exact) mass is 299 g/mol. The SMILES string of the molecule is CCOC(=O)C(C)N[C@@H]1CCO[C@H]1c1ccc(F)c(F)c1. The van der Waals surface area contributed by atoms with Gasteiger partial charge in [-0.1, -0.05) is 6.07 Å². The Labute approximate surface area is 122 Å². The Morgan fingerprint density at radius 1 is 1.48 bits per heavy atom. The van der Waals surface area contributed by atoms with Crippen LogP contribution in [0.15, 0.2) is 18.2 Å². The molecule has 1 heterocycles. The zero-order valence-corrected chi connectivity index (χ0v) is 12.1. The quantitative estimate of drug-likeness (QED) is 0.848. The highest BCUT2D eigenvalue weighted by atomic mass is 19.2. The standard InChI is InChI=1S/C15H19F2NO3/c1-3-20-15(19)9(2)18-13-6-7-21-14(13)10-4-5-11(16)12(17)8-10/h4-5,8-9,13-14,18H,3,6-7H2,1-2H3/t9?,13-,14+/m1/s1. The summed E-state index contributed by atoms with van der Waals surface area (Å²) in [5, 5.41) is 3.13. The van der Waals surface area contributed by atoms with E-state index in [-0.39, 0.29) is 12.0 Å². The minimum Gasteiger partial charge on any atom is -0.465 e. The highest BCUT2D eigenvalue weighted by Gasteiger charge is 2.32. The van der Waals surface area contributed by atoms with Gasteiger partial charge in [-0.05, 0) is 38.0 Å². The molecule has 1 aromatic rings. The molecule has 0 saturated carbocycles. The molecule has 1 fully saturated rings. The molecule has 116 valence electrons.